The Hall–Kier alpha value is -3.02. The fourth-order valence-electron chi connectivity index (χ4n) is 2.59. The number of hydrogen-bond acceptors (Lipinski definition) is 6. The number of methoxy groups -OCH3 is 2. The van der Waals surface area contributed by atoms with Crippen molar-refractivity contribution < 1.29 is 14.0 Å². The first kappa shape index (κ1) is 15.9. The Kier molecular flexibility index (Phi) is 4.37. The van der Waals surface area contributed by atoms with Crippen LogP contribution in [0.3, 0.4) is 0 Å². The van der Waals surface area contributed by atoms with Crippen molar-refractivity contribution in [2.75, 3.05) is 19.5 Å². The average Bonchev–Trinajstić information content (AvgIpc) is 2.93. The molecule has 3 aromatic rings. The van der Waals surface area contributed by atoms with Crippen LogP contribution in [0.2, 0.25) is 0 Å². The van der Waals surface area contributed by atoms with Crippen molar-refractivity contribution in [3.63, 3.8) is 0 Å². The third kappa shape index (κ3) is 3.03. The predicted octanol–water partition coefficient (Wildman–Crippen LogP) is 4.11. The van der Waals surface area contributed by atoms with Crippen LogP contribution in [0, 0.1) is 13.8 Å². The lowest BCUT2D eigenvalue weighted by molar-refractivity contribution is 0.393. The standard InChI is InChI=1S/C18H19N3O3/c1-11-17(12(2)24-21-11)13-8-16(18(23-4)19-10-13)20-14-6-5-7-15(9-14)22-3/h5-10,20H,1-4H3. The molecule has 6 nitrogen and oxygen atoms in total. The molecule has 0 spiro atoms. The zero-order valence-electron chi connectivity index (χ0n) is 14.1. The van der Waals surface area contributed by atoms with Gasteiger partial charge in [-0.25, -0.2) is 4.98 Å². The summed E-state index contributed by atoms with van der Waals surface area (Å²) in [7, 11) is 3.23. The van der Waals surface area contributed by atoms with Gasteiger partial charge >= 0.3 is 0 Å². The highest BCUT2D eigenvalue weighted by atomic mass is 16.5. The maximum atomic E-state index is 5.36. The molecule has 6 heteroatoms. The van der Waals surface area contributed by atoms with Gasteiger partial charge < -0.3 is 19.3 Å². The van der Waals surface area contributed by atoms with Crippen molar-refractivity contribution >= 4 is 11.4 Å². The van der Waals surface area contributed by atoms with E-state index in [2.05, 4.69) is 15.5 Å². The van der Waals surface area contributed by atoms with Gasteiger partial charge in [-0.15, -0.1) is 0 Å². The Morgan fingerprint density at radius 3 is 2.58 bits per heavy atom. The highest BCUT2D eigenvalue weighted by Crippen LogP contribution is 2.33. The molecule has 1 N–H and O–H groups in total. The fourth-order valence-corrected chi connectivity index (χ4v) is 2.59. The summed E-state index contributed by atoms with van der Waals surface area (Å²) in [4.78, 5) is 4.39. The van der Waals surface area contributed by atoms with Gasteiger partial charge in [-0.2, -0.15) is 0 Å². The summed E-state index contributed by atoms with van der Waals surface area (Å²) in [6.07, 6.45) is 1.75. The molecule has 3 rings (SSSR count). The van der Waals surface area contributed by atoms with Crippen molar-refractivity contribution in [1.29, 1.82) is 0 Å². The monoisotopic (exact) mass is 325 g/mol. The third-order valence-electron chi connectivity index (χ3n) is 3.72. The topological polar surface area (TPSA) is 69.4 Å². The van der Waals surface area contributed by atoms with Gasteiger partial charge in [0.15, 0.2) is 0 Å². The van der Waals surface area contributed by atoms with Gasteiger partial charge in [-0.3, -0.25) is 0 Å². The van der Waals surface area contributed by atoms with E-state index < -0.39 is 0 Å². The number of benzene rings is 1. The number of anilines is 2. The van der Waals surface area contributed by atoms with E-state index in [9.17, 15) is 0 Å². The molecule has 0 aliphatic heterocycles. The van der Waals surface area contributed by atoms with Crippen LogP contribution < -0.4 is 14.8 Å². The lowest BCUT2D eigenvalue weighted by Gasteiger charge is -2.12. The van der Waals surface area contributed by atoms with E-state index in [4.69, 9.17) is 14.0 Å². The Labute approximate surface area is 140 Å². The van der Waals surface area contributed by atoms with Gasteiger partial charge in [-0.1, -0.05) is 11.2 Å². The molecule has 0 atom stereocenters. The minimum Gasteiger partial charge on any atom is -0.497 e. The molecule has 124 valence electrons. The molecule has 0 aliphatic carbocycles. The van der Waals surface area contributed by atoms with Crippen LogP contribution in [0.4, 0.5) is 11.4 Å². The summed E-state index contributed by atoms with van der Waals surface area (Å²) >= 11 is 0. The number of rotatable bonds is 5. The third-order valence-corrected chi connectivity index (χ3v) is 3.72. The van der Waals surface area contributed by atoms with Crippen LogP contribution in [0.15, 0.2) is 41.1 Å². The Bertz CT molecular complexity index is 839. The van der Waals surface area contributed by atoms with Crippen molar-refractivity contribution in [3.8, 4) is 22.8 Å². The summed E-state index contributed by atoms with van der Waals surface area (Å²) < 4.78 is 15.9. The highest BCUT2D eigenvalue weighted by Gasteiger charge is 2.15. The van der Waals surface area contributed by atoms with E-state index in [1.165, 1.54) is 0 Å². The summed E-state index contributed by atoms with van der Waals surface area (Å²) in [5.74, 6) is 2.04. The van der Waals surface area contributed by atoms with Crippen molar-refractivity contribution in [1.82, 2.24) is 10.1 Å². The minimum atomic E-state index is 0.508. The van der Waals surface area contributed by atoms with Gasteiger partial charge in [0.1, 0.15) is 17.2 Å². The SMILES string of the molecule is COc1cccc(Nc2cc(-c3c(C)noc3C)cnc2OC)c1. The lowest BCUT2D eigenvalue weighted by atomic mass is 10.1. The van der Waals surface area contributed by atoms with E-state index in [0.717, 1.165) is 39.7 Å². The molecule has 0 aliphatic rings. The first-order chi connectivity index (χ1) is 11.6. The van der Waals surface area contributed by atoms with Crippen LogP contribution in [0.5, 0.6) is 11.6 Å². The normalized spacial score (nSPS) is 10.5. The van der Waals surface area contributed by atoms with Crippen LogP contribution in [0.25, 0.3) is 11.1 Å². The number of ether oxygens (including phenoxy) is 2. The van der Waals surface area contributed by atoms with Gasteiger partial charge in [0.2, 0.25) is 5.88 Å². The molecular weight excluding hydrogens is 306 g/mol. The molecule has 0 saturated carbocycles. The molecule has 0 amide bonds. The summed E-state index contributed by atoms with van der Waals surface area (Å²) in [6, 6.07) is 9.63. The number of hydrogen-bond donors (Lipinski definition) is 1. The minimum absolute atomic E-state index is 0.508. The Balaban J connectivity index is 2.01. The van der Waals surface area contributed by atoms with Crippen molar-refractivity contribution in [2.24, 2.45) is 0 Å². The van der Waals surface area contributed by atoms with E-state index in [-0.39, 0.29) is 0 Å². The van der Waals surface area contributed by atoms with E-state index in [1.54, 1.807) is 20.4 Å². The Morgan fingerprint density at radius 2 is 1.92 bits per heavy atom. The molecule has 0 fully saturated rings. The number of aryl methyl sites for hydroxylation is 2. The van der Waals surface area contributed by atoms with Crippen LogP contribution >= 0.6 is 0 Å². The maximum Gasteiger partial charge on any atom is 0.237 e. The number of aromatic nitrogens is 2. The van der Waals surface area contributed by atoms with Gasteiger partial charge in [0.25, 0.3) is 0 Å². The molecular formula is C18H19N3O3. The first-order valence-electron chi connectivity index (χ1n) is 7.50. The van der Waals surface area contributed by atoms with E-state index >= 15 is 0 Å². The van der Waals surface area contributed by atoms with Crippen molar-refractivity contribution in [2.45, 2.75) is 13.8 Å². The molecule has 2 aromatic heterocycles. The summed E-state index contributed by atoms with van der Waals surface area (Å²) in [5.41, 5.74) is 4.32. The molecule has 0 saturated heterocycles. The average molecular weight is 325 g/mol. The quantitative estimate of drug-likeness (QED) is 0.761. The summed E-state index contributed by atoms with van der Waals surface area (Å²) in [5, 5.41) is 7.32. The van der Waals surface area contributed by atoms with E-state index in [0.29, 0.717) is 5.88 Å². The van der Waals surface area contributed by atoms with Crippen LogP contribution in [-0.4, -0.2) is 24.4 Å². The number of nitrogens with zero attached hydrogens (tertiary/aromatic N) is 2. The molecule has 0 unspecified atom stereocenters. The maximum absolute atomic E-state index is 5.36. The molecule has 0 radical (unpaired) electrons. The zero-order valence-corrected chi connectivity index (χ0v) is 14.1. The number of pyridine rings is 1. The number of nitrogens with one attached hydrogen (secondary N) is 1. The second kappa shape index (κ2) is 6.62. The van der Waals surface area contributed by atoms with Gasteiger partial charge in [0, 0.05) is 29.1 Å². The fraction of sp³-hybridized carbons (Fsp3) is 0.222. The van der Waals surface area contributed by atoms with Crippen LogP contribution in [0.1, 0.15) is 11.5 Å². The van der Waals surface area contributed by atoms with Crippen LogP contribution in [-0.2, 0) is 0 Å². The smallest absolute Gasteiger partial charge is 0.237 e. The molecule has 2 heterocycles. The van der Waals surface area contributed by atoms with Crippen molar-refractivity contribution in [3.05, 3.63) is 48.0 Å². The first-order valence-corrected chi connectivity index (χ1v) is 7.50. The molecule has 1 aromatic carbocycles. The molecule has 24 heavy (non-hydrogen) atoms. The zero-order chi connectivity index (χ0) is 17.1. The predicted molar refractivity (Wildman–Crippen MR) is 92.0 cm³/mol. The second-order valence-electron chi connectivity index (χ2n) is 5.34. The second-order valence-corrected chi connectivity index (χ2v) is 5.34. The highest BCUT2D eigenvalue weighted by molar-refractivity contribution is 5.75. The largest absolute Gasteiger partial charge is 0.497 e. The van der Waals surface area contributed by atoms with Gasteiger partial charge in [-0.05, 0) is 32.0 Å². The lowest BCUT2D eigenvalue weighted by Crippen LogP contribution is -1.98. The summed E-state index contributed by atoms with van der Waals surface area (Å²) in [6.45, 7) is 3.79. The molecule has 0 bridgehead atoms. The Morgan fingerprint density at radius 1 is 1.08 bits per heavy atom. The van der Waals surface area contributed by atoms with Gasteiger partial charge in [0.05, 0.1) is 19.9 Å². The van der Waals surface area contributed by atoms with E-state index in [1.807, 2.05) is 44.2 Å².